The Morgan fingerprint density at radius 1 is 1.07 bits per heavy atom. The predicted octanol–water partition coefficient (Wildman–Crippen LogP) is 1.57. The molecule has 2 aliphatic carbocycles. The topological polar surface area (TPSA) is 42.3 Å². The monoisotopic (exact) mass is 415 g/mol. The second-order valence-corrected chi connectivity index (χ2v) is 10.5. The number of hydrogen-bond donors (Lipinski definition) is 3. The highest BCUT2D eigenvalue weighted by atomic mass is 35.5. The number of rotatable bonds is 9. The molecule has 4 nitrogen and oxygen atoms in total. The molecule has 0 aromatic heterocycles. The first-order valence-electron chi connectivity index (χ1n) is 12.2. The van der Waals surface area contributed by atoms with Crippen LogP contribution < -0.4 is 15.5 Å². The van der Waals surface area contributed by atoms with Crippen LogP contribution in [0.5, 0.6) is 0 Å². The summed E-state index contributed by atoms with van der Waals surface area (Å²) in [5.41, 5.74) is 0. The van der Waals surface area contributed by atoms with Crippen molar-refractivity contribution in [1.29, 1.82) is 0 Å². The first kappa shape index (κ1) is 22.8. The average molecular weight is 416 g/mol. The fraction of sp³-hybridized carbons (Fsp3) is 1.00. The van der Waals surface area contributed by atoms with Crippen LogP contribution in [0.15, 0.2) is 0 Å². The molecule has 0 aromatic carbocycles. The minimum absolute atomic E-state index is 0.388. The Morgan fingerprint density at radius 3 is 2.57 bits per heavy atom. The maximum Gasteiger partial charge on any atom is 0.0919 e. The fourth-order valence-electron chi connectivity index (χ4n) is 6.45. The van der Waals surface area contributed by atoms with Crippen molar-refractivity contribution < 1.29 is 15.0 Å². The Bertz CT molecular complexity index is 461. The van der Waals surface area contributed by atoms with E-state index in [1.807, 2.05) is 7.11 Å². The molecule has 3 rings (SSSR count). The normalized spacial score (nSPS) is 39.4. The number of methoxy groups -OCH3 is 1. The van der Waals surface area contributed by atoms with Gasteiger partial charge in [0, 0.05) is 49.2 Å². The van der Waals surface area contributed by atoms with Gasteiger partial charge in [-0.05, 0) is 59.3 Å². The van der Waals surface area contributed by atoms with E-state index in [0.717, 1.165) is 23.9 Å². The summed E-state index contributed by atoms with van der Waals surface area (Å²) >= 11 is 6.57. The minimum Gasteiger partial charge on any atom is -0.381 e. The molecule has 1 saturated heterocycles. The van der Waals surface area contributed by atoms with Crippen molar-refractivity contribution in [2.24, 2.45) is 11.8 Å². The van der Waals surface area contributed by atoms with E-state index < -0.39 is 0 Å². The van der Waals surface area contributed by atoms with Gasteiger partial charge in [0.05, 0.1) is 37.8 Å². The molecule has 164 valence electrons. The van der Waals surface area contributed by atoms with Gasteiger partial charge in [-0.1, -0.05) is 0 Å². The summed E-state index contributed by atoms with van der Waals surface area (Å²) < 4.78 is 5.80. The summed E-state index contributed by atoms with van der Waals surface area (Å²) in [6.07, 6.45) is 10.5. The van der Waals surface area contributed by atoms with Gasteiger partial charge in [0.25, 0.3) is 0 Å². The van der Waals surface area contributed by atoms with Gasteiger partial charge in [-0.3, -0.25) is 0 Å². The third kappa shape index (κ3) is 5.63. The molecule has 0 bridgehead atoms. The Kier molecular flexibility index (Phi) is 8.92. The highest BCUT2D eigenvalue weighted by molar-refractivity contribution is 6.20. The number of nitrogens with one attached hydrogen (secondary N) is 2. The molecule has 2 saturated carbocycles. The lowest BCUT2D eigenvalue weighted by atomic mass is 9.65. The molecule has 8 atom stereocenters. The van der Waals surface area contributed by atoms with Crippen molar-refractivity contribution in [2.75, 3.05) is 26.7 Å². The Morgan fingerprint density at radius 2 is 1.86 bits per heavy atom. The number of piperidine rings is 1. The predicted molar refractivity (Wildman–Crippen MR) is 117 cm³/mol. The largest absolute Gasteiger partial charge is 0.381 e. The summed E-state index contributed by atoms with van der Waals surface area (Å²) in [6, 6.07) is 2.75. The third-order valence-corrected chi connectivity index (χ3v) is 8.59. The first-order valence-corrected chi connectivity index (χ1v) is 12.6. The Labute approximate surface area is 178 Å². The van der Waals surface area contributed by atoms with Crippen LogP contribution in [0.25, 0.3) is 0 Å². The lowest BCUT2D eigenvalue weighted by Gasteiger charge is -2.51. The number of fused-ring (bicyclic) bond motifs is 2. The van der Waals surface area contributed by atoms with Crippen LogP contribution >= 0.6 is 11.6 Å². The number of alkyl halides is 1. The Balaban J connectivity index is 1.62. The van der Waals surface area contributed by atoms with Crippen molar-refractivity contribution in [3.05, 3.63) is 0 Å². The molecule has 0 amide bonds. The molecule has 0 radical (unpaired) electrons. The van der Waals surface area contributed by atoms with Gasteiger partial charge in [0.1, 0.15) is 0 Å². The van der Waals surface area contributed by atoms with Crippen molar-refractivity contribution >= 4 is 11.6 Å². The second-order valence-electron chi connectivity index (χ2n) is 9.87. The zero-order valence-electron chi connectivity index (χ0n) is 18.8. The van der Waals surface area contributed by atoms with Gasteiger partial charge < -0.3 is 20.3 Å². The number of halogens is 1. The van der Waals surface area contributed by atoms with E-state index in [-0.39, 0.29) is 0 Å². The van der Waals surface area contributed by atoms with E-state index >= 15 is 0 Å². The Hall–Kier alpha value is 0.130. The minimum atomic E-state index is 0.388. The number of hydrogen-bond acceptors (Lipinski definition) is 2. The first-order chi connectivity index (χ1) is 13.5. The zero-order valence-corrected chi connectivity index (χ0v) is 19.5. The lowest BCUT2D eigenvalue weighted by molar-refractivity contribution is -0.896. The molecule has 28 heavy (non-hydrogen) atoms. The summed E-state index contributed by atoms with van der Waals surface area (Å²) in [7, 11) is 1.90. The van der Waals surface area contributed by atoms with Crippen molar-refractivity contribution in [1.82, 2.24) is 5.32 Å². The molecule has 1 aliphatic heterocycles. The summed E-state index contributed by atoms with van der Waals surface area (Å²) in [5.74, 6) is 1.53. The van der Waals surface area contributed by atoms with E-state index in [1.165, 1.54) is 71.0 Å². The second kappa shape index (κ2) is 10.9. The fourth-order valence-corrected chi connectivity index (χ4v) is 6.78. The zero-order chi connectivity index (χ0) is 20.1. The van der Waals surface area contributed by atoms with E-state index in [2.05, 4.69) is 31.4 Å². The molecule has 3 aliphatic rings. The standard InChI is InChI=1S/C23H44ClN3O/c1-5-27(6-2)13-7-8-16(3)25-23-19-11-9-17(24)14-22(19)26-21-12-10-18(28-4)15-20(21)23/h16-23,25-26H,5-15H2,1-4H3/p+2/t16-,17?,18?,19?,20?,21?,22?,23?/m0/s1. The van der Waals surface area contributed by atoms with E-state index in [4.69, 9.17) is 16.3 Å². The molecule has 5 heteroatoms. The highest BCUT2D eigenvalue weighted by Gasteiger charge is 2.51. The number of ether oxygens (including phenoxy) is 1. The molecule has 0 aromatic rings. The quantitative estimate of drug-likeness (QED) is 0.500. The van der Waals surface area contributed by atoms with Crippen LogP contribution in [-0.2, 0) is 4.74 Å². The molecular weight excluding hydrogens is 370 g/mol. The summed E-state index contributed by atoms with van der Waals surface area (Å²) in [5, 5.41) is 7.27. The highest BCUT2D eigenvalue weighted by Crippen LogP contribution is 2.39. The van der Waals surface area contributed by atoms with Gasteiger partial charge in [-0.2, -0.15) is 0 Å². The maximum atomic E-state index is 6.57. The van der Waals surface area contributed by atoms with Gasteiger partial charge in [-0.15, -0.1) is 11.6 Å². The van der Waals surface area contributed by atoms with Crippen LogP contribution in [0.3, 0.4) is 0 Å². The number of quaternary nitrogens is 2. The molecule has 1 heterocycles. The molecule has 3 fully saturated rings. The lowest BCUT2D eigenvalue weighted by Crippen LogP contribution is -3.11. The van der Waals surface area contributed by atoms with Crippen molar-refractivity contribution in [2.45, 2.75) is 108 Å². The third-order valence-electron chi connectivity index (χ3n) is 8.19. The van der Waals surface area contributed by atoms with Crippen LogP contribution in [-0.4, -0.2) is 62.4 Å². The van der Waals surface area contributed by atoms with Crippen LogP contribution in [0.1, 0.15) is 72.1 Å². The van der Waals surface area contributed by atoms with Crippen LogP contribution in [0.2, 0.25) is 0 Å². The molecular formula is C23H46ClN3O+2. The summed E-state index contributed by atoms with van der Waals surface area (Å²) in [4.78, 5) is 1.73. The molecule has 0 spiro atoms. The molecule has 7 unspecified atom stereocenters. The van der Waals surface area contributed by atoms with Gasteiger partial charge in [0.15, 0.2) is 0 Å². The van der Waals surface area contributed by atoms with Gasteiger partial charge in [-0.25, -0.2) is 0 Å². The smallest absolute Gasteiger partial charge is 0.0919 e. The van der Waals surface area contributed by atoms with Gasteiger partial charge >= 0.3 is 0 Å². The summed E-state index contributed by atoms with van der Waals surface area (Å²) in [6.45, 7) is 10.9. The van der Waals surface area contributed by atoms with E-state index in [0.29, 0.717) is 23.6 Å². The van der Waals surface area contributed by atoms with E-state index in [9.17, 15) is 0 Å². The van der Waals surface area contributed by atoms with Gasteiger partial charge in [0.2, 0.25) is 0 Å². The van der Waals surface area contributed by atoms with Crippen molar-refractivity contribution in [3.63, 3.8) is 0 Å². The molecule has 4 N–H and O–H groups in total. The van der Waals surface area contributed by atoms with Crippen LogP contribution in [0.4, 0.5) is 0 Å². The van der Waals surface area contributed by atoms with Crippen LogP contribution in [0, 0.1) is 11.8 Å². The number of nitrogens with two attached hydrogens (primary N) is 1. The van der Waals surface area contributed by atoms with Crippen molar-refractivity contribution in [3.8, 4) is 0 Å². The SMILES string of the molecule is CC[NH+](CC)CCC[C@H](C)NC1C2CCC(Cl)CC2[NH2+]C2CCC(OC)CC21. The maximum absolute atomic E-state index is 6.57. The average Bonchev–Trinajstić information content (AvgIpc) is 2.70. The van der Waals surface area contributed by atoms with E-state index in [1.54, 1.807) is 4.90 Å².